The molecule has 0 fully saturated rings. The number of phenols is 1. The van der Waals surface area contributed by atoms with Gasteiger partial charge in [-0.15, -0.1) is 0 Å². The molecule has 0 saturated heterocycles. The molecule has 0 spiro atoms. The lowest BCUT2D eigenvalue weighted by atomic mass is 9.82. The molecular weight excluding hydrogens is 216 g/mol. The Morgan fingerprint density at radius 3 is 2.24 bits per heavy atom. The zero-order valence-corrected chi connectivity index (χ0v) is 11.0. The molecule has 17 heavy (non-hydrogen) atoms. The lowest BCUT2D eigenvalue weighted by Gasteiger charge is -2.23. The molecule has 3 nitrogen and oxygen atoms in total. The number of phenolic OH excluding ortho intramolecular Hbond substituents is 1. The van der Waals surface area contributed by atoms with Crippen LogP contribution in [0.25, 0.3) is 0 Å². The highest BCUT2D eigenvalue weighted by Gasteiger charge is 2.23. The predicted molar refractivity (Wildman–Crippen MR) is 67.6 cm³/mol. The first-order valence-electron chi connectivity index (χ1n) is 5.71. The highest BCUT2D eigenvalue weighted by Crippen LogP contribution is 2.35. The van der Waals surface area contributed by atoms with E-state index in [9.17, 15) is 9.90 Å². The number of carboxylic acid groups (broad SMARTS) is 1. The summed E-state index contributed by atoms with van der Waals surface area (Å²) in [6, 6.07) is 3.53. The van der Waals surface area contributed by atoms with Crippen LogP contribution in [-0.4, -0.2) is 16.2 Å². The van der Waals surface area contributed by atoms with E-state index in [-0.39, 0.29) is 11.2 Å². The fourth-order valence-electron chi connectivity index (χ4n) is 1.77. The van der Waals surface area contributed by atoms with Crippen molar-refractivity contribution in [1.82, 2.24) is 0 Å². The number of aromatic hydroxyl groups is 1. The van der Waals surface area contributed by atoms with Gasteiger partial charge in [-0.2, -0.15) is 0 Å². The number of aliphatic carboxylic acids is 1. The van der Waals surface area contributed by atoms with E-state index in [4.69, 9.17) is 5.11 Å². The molecule has 0 aromatic heterocycles. The summed E-state index contributed by atoms with van der Waals surface area (Å²) in [4.78, 5) is 11.0. The minimum absolute atomic E-state index is 0.205. The summed E-state index contributed by atoms with van der Waals surface area (Å²) >= 11 is 0. The average molecular weight is 236 g/mol. The molecule has 0 radical (unpaired) electrons. The molecule has 0 saturated carbocycles. The smallest absolute Gasteiger partial charge is 0.310 e. The predicted octanol–water partition coefficient (Wildman–Crippen LogP) is 3.19. The zero-order valence-electron chi connectivity index (χ0n) is 11.0. The molecule has 0 heterocycles. The summed E-state index contributed by atoms with van der Waals surface area (Å²) in [5.74, 6) is -1.15. The lowest BCUT2D eigenvalue weighted by Crippen LogP contribution is -2.14. The second kappa shape index (κ2) is 4.40. The second-order valence-electron chi connectivity index (χ2n) is 5.54. The first kappa shape index (κ1) is 13.6. The van der Waals surface area contributed by atoms with E-state index in [1.54, 1.807) is 26.0 Å². The molecule has 0 aliphatic carbocycles. The Balaban J connectivity index is 3.39. The standard InChI is InChI=1S/C14H20O3/c1-8-6-10(9(2)13(16)17)7-11(12(8)15)14(3,4)5/h6-7,9,15H,1-5H3,(H,16,17)/t9-/m1/s1. The third-order valence-corrected chi connectivity index (χ3v) is 3.00. The minimum atomic E-state index is -0.852. The highest BCUT2D eigenvalue weighted by molar-refractivity contribution is 5.76. The van der Waals surface area contributed by atoms with Gasteiger partial charge in [0.1, 0.15) is 5.75 Å². The van der Waals surface area contributed by atoms with Crippen molar-refractivity contribution in [2.75, 3.05) is 0 Å². The number of hydrogen-bond acceptors (Lipinski definition) is 2. The normalized spacial score (nSPS) is 13.5. The van der Waals surface area contributed by atoms with Gasteiger partial charge in [0.15, 0.2) is 0 Å². The maximum absolute atomic E-state index is 11.0. The average Bonchev–Trinajstić information content (AvgIpc) is 2.18. The van der Waals surface area contributed by atoms with Crippen molar-refractivity contribution in [3.05, 3.63) is 28.8 Å². The van der Waals surface area contributed by atoms with E-state index in [1.807, 2.05) is 20.8 Å². The minimum Gasteiger partial charge on any atom is -0.507 e. The number of benzene rings is 1. The van der Waals surface area contributed by atoms with Crippen LogP contribution < -0.4 is 0 Å². The quantitative estimate of drug-likeness (QED) is 0.829. The highest BCUT2D eigenvalue weighted by atomic mass is 16.4. The van der Waals surface area contributed by atoms with Gasteiger partial charge in [-0.1, -0.05) is 32.9 Å². The number of carboxylic acids is 1. The Kier molecular flexibility index (Phi) is 3.51. The van der Waals surface area contributed by atoms with Gasteiger partial charge in [-0.05, 0) is 36.0 Å². The third kappa shape index (κ3) is 2.78. The first-order chi connectivity index (χ1) is 7.64. The summed E-state index contributed by atoms with van der Waals surface area (Å²) in [6.07, 6.45) is 0. The topological polar surface area (TPSA) is 57.5 Å². The molecule has 94 valence electrons. The second-order valence-corrected chi connectivity index (χ2v) is 5.54. The van der Waals surface area contributed by atoms with Crippen LogP contribution in [0.15, 0.2) is 12.1 Å². The molecule has 2 N–H and O–H groups in total. The summed E-state index contributed by atoms with van der Waals surface area (Å²) in [5.41, 5.74) is 2.04. The Morgan fingerprint density at radius 2 is 1.82 bits per heavy atom. The zero-order chi connectivity index (χ0) is 13.4. The maximum Gasteiger partial charge on any atom is 0.310 e. The maximum atomic E-state index is 11.0. The molecule has 0 unspecified atom stereocenters. The van der Waals surface area contributed by atoms with Crippen LogP contribution in [0.2, 0.25) is 0 Å². The Hall–Kier alpha value is -1.51. The fraction of sp³-hybridized carbons (Fsp3) is 0.500. The largest absolute Gasteiger partial charge is 0.507 e. The molecule has 1 rings (SSSR count). The molecular formula is C14H20O3. The fourth-order valence-corrected chi connectivity index (χ4v) is 1.77. The van der Waals surface area contributed by atoms with Crippen LogP contribution in [0.4, 0.5) is 0 Å². The first-order valence-corrected chi connectivity index (χ1v) is 5.71. The van der Waals surface area contributed by atoms with Gasteiger partial charge in [-0.3, -0.25) is 4.79 Å². The van der Waals surface area contributed by atoms with E-state index in [1.165, 1.54) is 0 Å². The monoisotopic (exact) mass is 236 g/mol. The molecule has 1 aromatic rings. The van der Waals surface area contributed by atoms with Crippen LogP contribution in [0.1, 0.15) is 50.3 Å². The molecule has 1 atom stereocenters. The van der Waals surface area contributed by atoms with Crippen molar-refractivity contribution in [3.63, 3.8) is 0 Å². The van der Waals surface area contributed by atoms with Gasteiger partial charge in [0.05, 0.1) is 5.92 Å². The number of hydrogen-bond donors (Lipinski definition) is 2. The van der Waals surface area contributed by atoms with Gasteiger partial charge in [-0.25, -0.2) is 0 Å². The lowest BCUT2D eigenvalue weighted by molar-refractivity contribution is -0.138. The van der Waals surface area contributed by atoms with Gasteiger partial charge in [0.2, 0.25) is 0 Å². The van der Waals surface area contributed by atoms with Crippen LogP contribution in [0.5, 0.6) is 5.75 Å². The van der Waals surface area contributed by atoms with Crippen molar-refractivity contribution in [2.24, 2.45) is 0 Å². The van der Waals surface area contributed by atoms with E-state index < -0.39 is 11.9 Å². The Labute approximate surface area is 102 Å². The number of rotatable bonds is 2. The van der Waals surface area contributed by atoms with Gasteiger partial charge >= 0.3 is 5.97 Å². The van der Waals surface area contributed by atoms with Crippen LogP contribution >= 0.6 is 0 Å². The van der Waals surface area contributed by atoms with Crippen LogP contribution in [0, 0.1) is 6.92 Å². The molecule has 1 aromatic carbocycles. The van der Waals surface area contributed by atoms with E-state index >= 15 is 0 Å². The van der Waals surface area contributed by atoms with Crippen molar-refractivity contribution >= 4 is 5.97 Å². The van der Waals surface area contributed by atoms with Crippen molar-refractivity contribution in [2.45, 2.75) is 46.0 Å². The van der Waals surface area contributed by atoms with Crippen LogP contribution in [-0.2, 0) is 10.2 Å². The summed E-state index contributed by atoms with van der Waals surface area (Å²) in [5, 5.41) is 19.1. The molecule has 3 heteroatoms. The SMILES string of the molecule is Cc1cc([C@@H](C)C(=O)O)cc(C(C)(C)C)c1O. The van der Waals surface area contributed by atoms with Gasteiger partial charge in [0, 0.05) is 0 Å². The van der Waals surface area contributed by atoms with Gasteiger partial charge < -0.3 is 10.2 Å². The molecule has 0 amide bonds. The molecule has 0 bridgehead atoms. The van der Waals surface area contributed by atoms with Crippen molar-refractivity contribution < 1.29 is 15.0 Å². The number of carbonyl (C=O) groups is 1. The molecule has 0 aliphatic rings. The van der Waals surface area contributed by atoms with E-state index in [2.05, 4.69) is 0 Å². The van der Waals surface area contributed by atoms with Crippen LogP contribution in [0.3, 0.4) is 0 Å². The third-order valence-electron chi connectivity index (χ3n) is 3.00. The van der Waals surface area contributed by atoms with E-state index in [0.29, 0.717) is 0 Å². The van der Waals surface area contributed by atoms with Gasteiger partial charge in [0.25, 0.3) is 0 Å². The van der Waals surface area contributed by atoms with Crippen molar-refractivity contribution in [1.29, 1.82) is 0 Å². The van der Waals surface area contributed by atoms with E-state index in [0.717, 1.165) is 16.7 Å². The number of aryl methyl sites for hydroxylation is 1. The Morgan fingerprint density at radius 1 is 1.29 bits per heavy atom. The summed E-state index contributed by atoms with van der Waals surface area (Å²) in [7, 11) is 0. The summed E-state index contributed by atoms with van der Waals surface area (Å²) < 4.78 is 0. The summed E-state index contributed by atoms with van der Waals surface area (Å²) in [6.45, 7) is 9.44. The molecule has 0 aliphatic heterocycles. The Bertz CT molecular complexity index is 442. The van der Waals surface area contributed by atoms with Crippen molar-refractivity contribution in [3.8, 4) is 5.75 Å².